The van der Waals surface area contributed by atoms with Gasteiger partial charge in [-0.15, -0.1) is 5.70 Å². The van der Waals surface area contributed by atoms with E-state index >= 15 is 0 Å². The zero-order valence-electron chi connectivity index (χ0n) is 11.1. The summed E-state index contributed by atoms with van der Waals surface area (Å²) < 4.78 is 0. The molecule has 21 heavy (non-hydrogen) atoms. The molecule has 0 radical (unpaired) electrons. The fraction of sp³-hybridized carbons (Fsp3) is 0.167. The van der Waals surface area contributed by atoms with Gasteiger partial charge in [-0.05, 0) is 25.0 Å². The van der Waals surface area contributed by atoms with Gasteiger partial charge in [0.25, 0.3) is 5.91 Å². The first kappa shape index (κ1) is 17.3. The molecule has 0 fully saturated rings. The van der Waals surface area contributed by atoms with Crippen molar-refractivity contribution >= 4 is 27.0 Å². The topological polar surface area (TPSA) is 104 Å². The van der Waals surface area contributed by atoms with E-state index in [0.717, 1.165) is 0 Å². The molecule has 1 aromatic rings. The molecule has 7 nitrogen and oxygen atoms in total. The van der Waals surface area contributed by atoms with Crippen LogP contribution in [0.1, 0.15) is 30.0 Å². The van der Waals surface area contributed by atoms with Gasteiger partial charge in [-0.2, -0.15) is 5.10 Å². The molecule has 114 valence electrons. The van der Waals surface area contributed by atoms with Gasteiger partial charge < -0.3 is 15.6 Å². The van der Waals surface area contributed by atoms with E-state index in [1.54, 1.807) is 26.0 Å². The first-order chi connectivity index (χ1) is 10.1. The number of carbonyl (C=O) groups excluding carboxylic acids is 1. The van der Waals surface area contributed by atoms with Gasteiger partial charge in [0.05, 0.1) is 11.4 Å². The summed E-state index contributed by atoms with van der Waals surface area (Å²) in [5.41, 5.74) is 7.31. The molecule has 0 aromatic carbocycles. The molecule has 1 aromatic heterocycles. The van der Waals surface area contributed by atoms with Crippen molar-refractivity contribution in [1.29, 1.82) is 0 Å². The Morgan fingerprint density at radius 2 is 1.95 bits per heavy atom. The van der Waals surface area contributed by atoms with Gasteiger partial charge in [0, 0.05) is 0 Å². The maximum atomic E-state index is 11.8. The van der Waals surface area contributed by atoms with E-state index in [-0.39, 0.29) is 11.4 Å². The molecular weight excluding hydrogens is 388 g/mol. The summed E-state index contributed by atoms with van der Waals surface area (Å²) in [5, 5.41) is 19.1. The number of fused-ring (bicyclic) bond motifs is 2. The Labute approximate surface area is 136 Å². The predicted octanol–water partition coefficient (Wildman–Crippen LogP) is 1.19. The van der Waals surface area contributed by atoms with E-state index in [1.807, 2.05) is 0 Å². The number of nitrogens with one attached hydrogen (secondary N) is 1. The number of hydrogen-bond acceptors (Lipinski definition) is 5. The monoisotopic (exact) mass is 398 g/mol. The summed E-state index contributed by atoms with van der Waals surface area (Å²) in [6.07, 6.45) is 1.60. The van der Waals surface area contributed by atoms with Crippen molar-refractivity contribution in [2.75, 3.05) is 0 Å². The third-order valence-electron chi connectivity index (χ3n) is 2.25. The summed E-state index contributed by atoms with van der Waals surface area (Å²) in [5.74, 6) is -1.09. The molecule has 0 spiro atoms. The molecule has 9 heteroatoms. The fourth-order valence-corrected chi connectivity index (χ4v) is 1.42. The molecule has 1 N–H and O–H groups in total. The zero-order valence-corrected chi connectivity index (χ0v) is 13.4. The number of allylic oxidation sites excluding steroid dienone is 2. The number of carbonyl (C=O) groups is 1. The van der Waals surface area contributed by atoms with Crippen LogP contribution in [0.3, 0.4) is 0 Å². The molecule has 0 atom stereocenters. The number of nitrogens with zero attached hydrogens (tertiary/aromatic N) is 4. The molecule has 0 aliphatic carbocycles. The quantitative estimate of drug-likeness (QED) is 0.663. The predicted molar refractivity (Wildman–Crippen MR) is 74.3 cm³/mol. The molecule has 1 aliphatic rings. The van der Waals surface area contributed by atoms with E-state index in [2.05, 4.69) is 53.7 Å². The molecule has 0 saturated heterocycles. The van der Waals surface area contributed by atoms with Crippen molar-refractivity contribution in [1.82, 2.24) is 10.4 Å². The Balaban J connectivity index is 0.00000106. The van der Waals surface area contributed by atoms with Crippen LogP contribution in [0, 0.1) is 0 Å². The van der Waals surface area contributed by atoms with Crippen LogP contribution in [0.5, 0.6) is 0 Å². The Hall–Kier alpha value is -1.75. The summed E-state index contributed by atoms with van der Waals surface area (Å²) >= 11 is 2.22. The minimum absolute atomic E-state index is 0.0606. The van der Waals surface area contributed by atoms with Crippen molar-refractivity contribution in [2.45, 2.75) is 13.8 Å². The minimum atomic E-state index is -0.599. The Morgan fingerprint density at radius 1 is 1.29 bits per heavy atom. The third kappa shape index (κ3) is 5.27. The van der Waals surface area contributed by atoms with Gasteiger partial charge in [-0.1, -0.05) is 19.1 Å². The van der Waals surface area contributed by atoms with E-state index in [0.29, 0.717) is 11.4 Å². The molecular formula is C12H11ClN5O2Pd-. The van der Waals surface area contributed by atoms with Crippen molar-refractivity contribution in [3.8, 4) is 0 Å². The molecule has 2 bridgehead atoms. The maximum absolute atomic E-state index is 11.8. The molecule has 2 heterocycles. The first-order valence-corrected chi connectivity index (χ1v) is 7.64. The Morgan fingerprint density at radius 3 is 2.67 bits per heavy atom. The van der Waals surface area contributed by atoms with E-state index in [4.69, 9.17) is 0 Å². The van der Waals surface area contributed by atoms with Crippen LogP contribution in [0.25, 0.3) is 5.43 Å². The van der Waals surface area contributed by atoms with Crippen molar-refractivity contribution < 1.29 is 28.1 Å². The van der Waals surface area contributed by atoms with Gasteiger partial charge in [-0.25, -0.2) is 10.4 Å². The number of halogens is 1. The summed E-state index contributed by atoms with van der Waals surface area (Å²) in [4.78, 5) is 15.7. The number of hydrazone groups is 1. The summed E-state index contributed by atoms with van der Waals surface area (Å²) in [6.45, 7) is 3.37. The van der Waals surface area contributed by atoms with E-state index in [1.165, 1.54) is 12.1 Å². The number of rotatable bonds is 0. The van der Waals surface area contributed by atoms with Crippen LogP contribution in [0.4, 0.5) is 0 Å². The van der Waals surface area contributed by atoms with Crippen molar-refractivity contribution in [2.24, 2.45) is 10.2 Å². The SMILES string of the molecule is CC1=CC(C)=NNC(=O)c2cccc(n2)C([O-])=N[N-]1.[Cl][Pd+]. The average Bonchev–Trinajstić information content (AvgIpc) is 2.51. The normalized spacial score (nSPS) is 14.7. The van der Waals surface area contributed by atoms with Gasteiger partial charge in [-0.3, -0.25) is 4.79 Å². The Bertz CT molecular complexity index is 615. The second-order valence-electron chi connectivity index (χ2n) is 3.89. The summed E-state index contributed by atoms with van der Waals surface area (Å²) in [6, 6.07) is 4.51. The second kappa shape index (κ2) is 8.52. The van der Waals surface area contributed by atoms with Gasteiger partial charge in [0.1, 0.15) is 5.69 Å². The van der Waals surface area contributed by atoms with Crippen LogP contribution in [-0.2, 0) is 18.2 Å². The Kier molecular flexibility index (Phi) is 7.02. The molecule has 0 unspecified atom stereocenters. The van der Waals surface area contributed by atoms with Gasteiger partial charge in [0.2, 0.25) is 0 Å². The van der Waals surface area contributed by atoms with E-state index in [9.17, 15) is 9.90 Å². The van der Waals surface area contributed by atoms with Crippen molar-refractivity contribution in [3.05, 3.63) is 46.8 Å². The average molecular weight is 399 g/mol. The van der Waals surface area contributed by atoms with Crippen LogP contribution < -0.4 is 10.5 Å². The number of aromatic nitrogens is 1. The van der Waals surface area contributed by atoms with Gasteiger partial charge in [0.15, 0.2) is 0 Å². The van der Waals surface area contributed by atoms with Crippen molar-refractivity contribution in [3.63, 3.8) is 0 Å². The zero-order chi connectivity index (χ0) is 15.8. The fourth-order valence-electron chi connectivity index (χ4n) is 1.42. The van der Waals surface area contributed by atoms with E-state index < -0.39 is 11.8 Å². The molecule has 2 rings (SSSR count). The molecule has 1 amide bonds. The second-order valence-corrected chi connectivity index (χ2v) is 3.89. The molecule has 0 saturated carbocycles. The number of pyridine rings is 1. The third-order valence-corrected chi connectivity index (χ3v) is 2.25. The molecule has 1 aliphatic heterocycles. The van der Waals surface area contributed by atoms with Crippen LogP contribution >= 0.6 is 9.53 Å². The summed E-state index contributed by atoms with van der Waals surface area (Å²) in [7, 11) is 4.49. The van der Waals surface area contributed by atoms with Crippen LogP contribution in [0.15, 0.2) is 40.2 Å². The van der Waals surface area contributed by atoms with Crippen LogP contribution in [0.2, 0.25) is 0 Å². The number of hydrogen-bond donors (Lipinski definition) is 1. The van der Waals surface area contributed by atoms with Gasteiger partial charge >= 0.3 is 27.7 Å². The van der Waals surface area contributed by atoms with Crippen LogP contribution in [-0.4, -0.2) is 22.5 Å². The number of amides is 1. The first-order valence-electron chi connectivity index (χ1n) is 5.64. The standard InChI is InChI=1S/C12H13N5O2.ClH.Pd/c1-7-6-8(2)15-17-12(19)10-5-3-4-9(13-10)11(18)16-14-7;;/h3-6H,1-2H3,(H3,13,14,15,16,17,18,19);1H;/q;;+2/p-3.